The lowest BCUT2D eigenvalue weighted by molar-refractivity contribution is 0.572. The molecule has 21 heavy (non-hydrogen) atoms. The fourth-order valence-corrected chi connectivity index (χ4v) is 2.35. The summed E-state index contributed by atoms with van der Waals surface area (Å²) >= 11 is 2.18. The number of hydrogen-bond acceptors (Lipinski definition) is 5. The van der Waals surface area contributed by atoms with E-state index < -0.39 is 0 Å². The van der Waals surface area contributed by atoms with Gasteiger partial charge < -0.3 is 4.42 Å². The number of nitrogens with zero attached hydrogens (tertiary/aromatic N) is 4. The molecule has 104 valence electrons. The van der Waals surface area contributed by atoms with Crippen molar-refractivity contribution in [3.8, 4) is 11.3 Å². The molecule has 0 aliphatic carbocycles. The fraction of sp³-hybridized carbons (Fsp3) is 0.0667. The predicted molar refractivity (Wildman–Crippen MR) is 87.1 cm³/mol. The summed E-state index contributed by atoms with van der Waals surface area (Å²) in [5.74, 6) is 0.741. The minimum Gasteiger partial charge on any atom is -0.444 e. The highest BCUT2D eigenvalue weighted by molar-refractivity contribution is 14.1. The van der Waals surface area contributed by atoms with Gasteiger partial charge in [0, 0.05) is 11.8 Å². The van der Waals surface area contributed by atoms with Crippen LogP contribution in [0.25, 0.3) is 11.3 Å². The van der Waals surface area contributed by atoms with Gasteiger partial charge in [-0.3, -0.25) is 4.98 Å². The van der Waals surface area contributed by atoms with E-state index in [0.29, 0.717) is 6.54 Å². The van der Waals surface area contributed by atoms with E-state index in [9.17, 15) is 0 Å². The standard InChI is InChI=1S/C15H11IN4O/c16-15-7-11(5-6-18-15)8-19-20-13-3-1-12(2-4-13)14-9-17-10-21-14/h1-7,9-10H,8H2. The molecular formula is C15H11IN4O. The summed E-state index contributed by atoms with van der Waals surface area (Å²) < 4.78 is 6.19. The second kappa shape index (κ2) is 6.57. The van der Waals surface area contributed by atoms with Gasteiger partial charge in [0.1, 0.15) is 3.70 Å². The van der Waals surface area contributed by atoms with Crippen LogP contribution in [-0.2, 0) is 6.54 Å². The third-order valence-electron chi connectivity index (χ3n) is 2.81. The van der Waals surface area contributed by atoms with Crippen molar-refractivity contribution in [2.45, 2.75) is 6.54 Å². The van der Waals surface area contributed by atoms with Gasteiger partial charge in [0.05, 0.1) is 18.4 Å². The maximum absolute atomic E-state index is 5.24. The molecular weight excluding hydrogens is 379 g/mol. The Labute approximate surface area is 135 Å². The first-order valence-corrected chi connectivity index (χ1v) is 7.36. The molecule has 0 unspecified atom stereocenters. The number of azo groups is 1. The number of aromatic nitrogens is 2. The smallest absolute Gasteiger partial charge is 0.181 e. The van der Waals surface area contributed by atoms with Crippen molar-refractivity contribution < 1.29 is 4.42 Å². The van der Waals surface area contributed by atoms with Crippen LogP contribution in [0.15, 0.2) is 69.8 Å². The van der Waals surface area contributed by atoms with Gasteiger partial charge in [0.15, 0.2) is 12.2 Å². The summed E-state index contributed by atoms with van der Waals surface area (Å²) in [6, 6.07) is 11.6. The normalized spacial score (nSPS) is 11.1. The van der Waals surface area contributed by atoms with E-state index in [1.165, 1.54) is 6.39 Å². The first-order valence-electron chi connectivity index (χ1n) is 6.28. The molecule has 0 atom stereocenters. The molecule has 2 heterocycles. The third-order valence-corrected chi connectivity index (χ3v) is 3.40. The summed E-state index contributed by atoms with van der Waals surface area (Å²) in [6.45, 7) is 0.544. The lowest BCUT2D eigenvalue weighted by Gasteiger charge is -1.98. The molecule has 0 bridgehead atoms. The van der Waals surface area contributed by atoms with Crippen molar-refractivity contribution in [2.75, 3.05) is 0 Å². The van der Waals surface area contributed by atoms with Crippen LogP contribution in [0, 0.1) is 3.70 Å². The van der Waals surface area contributed by atoms with E-state index in [1.807, 2.05) is 36.4 Å². The van der Waals surface area contributed by atoms with Crippen molar-refractivity contribution in [1.29, 1.82) is 0 Å². The van der Waals surface area contributed by atoms with Crippen LogP contribution in [0.4, 0.5) is 5.69 Å². The summed E-state index contributed by atoms with van der Waals surface area (Å²) in [4.78, 5) is 8.04. The molecule has 0 spiro atoms. The molecule has 0 fully saturated rings. The van der Waals surface area contributed by atoms with E-state index in [1.54, 1.807) is 12.4 Å². The van der Waals surface area contributed by atoms with Crippen molar-refractivity contribution >= 4 is 28.3 Å². The largest absolute Gasteiger partial charge is 0.444 e. The monoisotopic (exact) mass is 390 g/mol. The number of benzene rings is 1. The lowest BCUT2D eigenvalue weighted by Crippen LogP contribution is -1.84. The summed E-state index contributed by atoms with van der Waals surface area (Å²) in [5.41, 5.74) is 2.87. The highest BCUT2D eigenvalue weighted by atomic mass is 127. The predicted octanol–water partition coefficient (Wildman–Crippen LogP) is 4.63. The maximum Gasteiger partial charge on any atom is 0.181 e. The summed E-state index contributed by atoms with van der Waals surface area (Å²) in [6.07, 6.45) is 4.87. The second-order valence-electron chi connectivity index (χ2n) is 4.30. The van der Waals surface area contributed by atoms with Crippen molar-refractivity contribution in [1.82, 2.24) is 9.97 Å². The first-order chi connectivity index (χ1) is 10.3. The molecule has 2 aromatic heterocycles. The molecule has 3 rings (SSSR count). The zero-order valence-corrected chi connectivity index (χ0v) is 13.1. The Bertz CT molecular complexity index is 739. The zero-order chi connectivity index (χ0) is 14.5. The quantitative estimate of drug-likeness (QED) is 0.371. The highest BCUT2D eigenvalue weighted by Crippen LogP contribution is 2.22. The Balaban J connectivity index is 1.66. The van der Waals surface area contributed by atoms with Gasteiger partial charge in [-0.1, -0.05) is 0 Å². The number of hydrogen-bond donors (Lipinski definition) is 0. The molecule has 1 aromatic carbocycles. The fourth-order valence-electron chi connectivity index (χ4n) is 1.79. The molecule has 6 heteroatoms. The topological polar surface area (TPSA) is 63.6 Å². The van der Waals surface area contributed by atoms with Crippen LogP contribution >= 0.6 is 22.6 Å². The highest BCUT2D eigenvalue weighted by Gasteiger charge is 2.00. The van der Waals surface area contributed by atoms with Gasteiger partial charge in [-0.05, 0) is 64.6 Å². The number of halogens is 1. The molecule has 0 radical (unpaired) electrons. The zero-order valence-electron chi connectivity index (χ0n) is 11.0. The van der Waals surface area contributed by atoms with Gasteiger partial charge in [0.2, 0.25) is 0 Å². The van der Waals surface area contributed by atoms with Crippen LogP contribution in [0.2, 0.25) is 0 Å². The van der Waals surface area contributed by atoms with E-state index in [2.05, 4.69) is 42.8 Å². The minimum absolute atomic E-state index is 0.544. The van der Waals surface area contributed by atoms with E-state index >= 15 is 0 Å². The van der Waals surface area contributed by atoms with Gasteiger partial charge in [-0.2, -0.15) is 10.2 Å². The third kappa shape index (κ3) is 3.72. The van der Waals surface area contributed by atoms with Gasteiger partial charge in [-0.15, -0.1) is 0 Å². The van der Waals surface area contributed by atoms with Gasteiger partial charge in [0.25, 0.3) is 0 Å². The van der Waals surface area contributed by atoms with E-state index in [-0.39, 0.29) is 0 Å². The Hall–Kier alpha value is -2.09. The number of oxazole rings is 1. The minimum atomic E-state index is 0.544. The lowest BCUT2D eigenvalue weighted by atomic mass is 10.2. The average molecular weight is 390 g/mol. The second-order valence-corrected chi connectivity index (χ2v) is 5.40. The molecule has 0 aliphatic rings. The van der Waals surface area contributed by atoms with Crippen LogP contribution in [0.1, 0.15) is 5.56 Å². The Morgan fingerprint density at radius 2 is 2.00 bits per heavy atom. The summed E-state index contributed by atoms with van der Waals surface area (Å²) in [7, 11) is 0. The number of pyridine rings is 1. The molecule has 0 saturated carbocycles. The Morgan fingerprint density at radius 1 is 1.14 bits per heavy atom. The van der Waals surface area contributed by atoms with Crippen LogP contribution in [0.3, 0.4) is 0 Å². The van der Waals surface area contributed by atoms with Crippen molar-refractivity contribution in [3.63, 3.8) is 0 Å². The average Bonchev–Trinajstić information content (AvgIpc) is 3.02. The SMILES string of the molecule is Ic1cc(CN=Nc2ccc(-c3cnco3)cc2)ccn1. The van der Waals surface area contributed by atoms with E-state index in [0.717, 1.165) is 26.3 Å². The molecule has 0 aliphatic heterocycles. The molecule has 0 saturated heterocycles. The van der Waals surface area contributed by atoms with Crippen molar-refractivity contribution in [3.05, 3.63) is 64.4 Å². The number of rotatable bonds is 4. The van der Waals surface area contributed by atoms with Crippen LogP contribution in [0.5, 0.6) is 0 Å². The maximum atomic E-state index is 5.24. The molecule has 0 N–H and O–H groups in total. The Morgan fingerprint density at radius 3 is 2.71 bits per heavy atom. The van der Waals surface area contributed by atoms with Gasteiger partial charge >= 0.3 is 0 Å². The van der Waals surface area contributed by atoms with E-state index in [4.69, 9.17) is 4.42 Å². The van der Waals surface area contributed by atoms with Crippen LogP contribution < -0.4 is 0 Å². The first kappa shape index (κ1) is 13.9. The van der Waals surface area contributed by atoms with Crippen molar-refractivity contribution in [2.24, 2.45) is 10.2 Å². The Kier molecular flexibility index (Phi) is 4.34. The molecule has 5 nitrogen and oxygen atoms in total. The molecule has 3 aromatic rings. The molecule has 0 amide bonds. The summed E-state index contributed by atoms with van der Waals surface area (Å²) in [5, 5.41) is 8.41. The van der Waals surface area contributed by atoms with Crippen LogP contribution in [-0.4, -0.2) is 9.97 Å². The van der Waals surface area contributed by atoms with Gasteiger partial charge in [-0.25, -0.2) is 4.98 Å².